The smallest absolute Gasteiger partial charge is 0.324 e. The fourth-order valence-corrected chi connectivity index (χ4v) is 1.52. The number of hydrogen-bond donors (Lipinski definition) is 2. The Kier molecular flexibility index (Phi) is 3.05. The average Bonchev–Trinajstić information content (AvgIpc) is 2.06. The van der Waals surface area contributed by atoms with E-state index in [9.17, 15) is 4.79 Å². The van der Waals surface area contributed by atoms with Crippen molar-refractivity contribution < 1.29 is 14.6 Å². The number of rotatable bonds is 3. The third-order valence-corrected chi connectivity index (χ3v) is 2.27. The summed E-state index contributed by atoms with van der Waals surface area (Å²) in [6.07, 6.45) is 1.13. The van der Waals surface area contributed by atoms with Gasteiger partial charge in [0, 0.05) is 13.2 Å². The molecule has 0 atom stereocenters. The second-order valence-corrected chi connectivity index (χ2v) is 3.03. The Labute approximate surface area is 71.9 Å². The van der Waals surface area contributed by atoms with Gasteiger partial charge in [-0.25, -0.2) is 0 Å². The molecule has 12 heavy (non-hydrogen) atoms. The first-order chi connectivity index (χ1) is 5.71. The van der Waals surface area contributed by atoms with Gasteiger partial charge in [-0.3, -0.25) is 4.79 Å². The molecule has 1 fully saturated rings. The maximum absolute atomic E-state index is 10.9. The lowest BCUT2D eigenvalue weighted by molar-refractivity contribution is -0.149. The monoisotopic (exact) mass is 173 g/mol. The number of hydrogen-bond acceptors (Lipinski definition) is 3. The summed E-state index contributed by atoms with van der Waals surface area (Å²) in [5.41, 5.74) is -0.729. The molecule has 0 saturated carbocycles. The molecule has 4 heteroatoms. The van der Waals surface area contributed by atoms with Gasteiger partial charge in [0.1, 0.15) is 5.54 Å². The van der Waals surface area contributed by atoms with Gasteiger partial charge < -0.3 is 15.2 Å². The van der Waals surface area contributed by atoms with Crippen LogP contribution < -0.4 is 5.32 Å². The zero-order chi connectivity index (χ0) is 9.03. The predicted molar refractivity (Wildman–Crippen MR) is 44.1 cm³/mol. The first kappa shape index (κ1) is 9.48. The molecular weight excluding hydrogens is 158 g/mol. The Morgan fingerprint density at radius 2 is 2.17 bits per heavy atom. The van der Waals surface area contributed by atoms with Gasteiger partial charge in [0.2, 0.25) is 0 Å². The fraction of sp³-hybridized carbons (Fsp3) is 0.875. The number of carbonyl (C=O) groups is 1. The predicted octanol–water partition coefficient (Wildman–Crippen LogP) is 0.230. The molecule has 4 nitrogen and oxygen atoms in total. The van der Waals surface area contributed by atoms with Gasteiger partial charge >= 0.3 is 5.97 Å². The summed E-state index contributed by atoms with van der Waals surface area (Å²) in [6.45, 7) is 3.69. The lowest BCUT2D eigenvalue weighted by Crippen LogP contribution is -2.55. The van der Waals surface area contributed by atoms with E-state index in [0.717, 1.165) is 0 Å². The fourth-order valence-electron chi connectivity index (χ4n) is 1.52. The van der Waals surface area contributed by atoms with Crippen LogP contribution in [0, 0.1) is 0 Å². The Balaban J connectivity index is 2.63. The minimum atomic E-state index is -0.757. The third kappa shape index (κ3) is 1.76. The van der Waals surface area contributed by atoms with Crippen LogP contribution in [0.3, 0.4) is 0 Å². The van der Waals surface area contributed by atoms with Crippen LogP contribution in [0.25, 0.3) is 0 Å². The van der Waals surface area contributed by atoms with E-state index in [0.29, 0.717) is 32.6 Å². The molecule has 0 unspecified atom stereocenters. The van der Waals surface area contributed by atoms with E-state index in [-0.39, 0.29) is 0 Å². The highest BCUT2D eigenvalue weighted by Crippen LogP contribution is 2.20. The van der Waals surface area contributed by atoms with Crippen molar-refractivity contribution in [3.63, 3.8) is 0 Å². The Hall–Kier alpha value is -0.610. The molecule has 0 aliphatic carbocycles. The largest absolute Gasteiger partial charge is 0.480 e. The highest BCUT2D eigenvalue weighted by atomic mass is 16.5. The van der Waals surface area contributed by atoms with Crippen molar-refractivity contribution in [1.82, 2.24) is 5.32 Å². The van der Waals surface area contributed by atoms with Gasteiger partial charge in [-0.2, -0.15) is 0 Å². The van der Waals surface area contributed by atoms with Crippen LogP contribution in [0.2, 0.25) is 0 Å². The van der Waals surface area contributed by atoms with E-state index in [1.54, 1.807) is 0 Å². The van der Waals surface area contributed by atoms with Crippen molar-refractivity contribution in [3.8, 4) is 0 Å². The Bertz CT molecular complexity index is 158. The topological polar surface area (TPSA) is 58.6 Å². The minimum Gasteiger partial charge on any atom is -0.480 e. The molecule has 1 saturated heterocycles. The summed E-state index contributed by atoms with van der Waals surface area (Å²) in [7, 11) is 0. The van der Waals surface area contributed by atoms with E-state index in [1.165, 1.54) is 0 Å². The Morgan fingerprint density at radius 1 is 1.58 bits per heavy atom. The molecule has 0 spiro atoms. The summed E-state index contributed by atoms with van der Waals surface area (Å²) in [6, 6.07) is 0. The van der Waals surface area contributed by atoms with Crippen molar-refractivity contribution in [1.29, 1.82) is 0 Å². The number of aliphatic carboxylic acids is 1. The second-order valence-electron chi connectivity index (χ2n) is 3.03. The molecule has 1 heterocycles. The summed E-state index contributed by atoms with van der Waals surface area (Å²) < 4.78 is 5.12. The highest BCUT2D eigenvalue weighted by molar-refractivity contribution is 5.78. The normalized spacial score (nSPS) is 22.1. The van der Waals surface area contributed by atoms with Crippen LogP contribution in [-0.2, 0) is 9.53 Å². The SMILES string of the molecule is CCNC1(C(=O)O)CCOCC1. The third-order valence-electron chi connectivity index (χ3n) is 2.27. The van der Waals surface area contributed by atoms with Crippen molar-refractivity contribution in [2.45, 2.75) is 25.3 Å². The average molecular weight is 173 g/mol. The number of likely N-dealkylation sites (N-methyl/N-ethyl adjacent to an activating group) is 1. The molecule has 0 amide bonds. The van der Waals surface area contributed by atoms with Crippen LogP contribution in [-0.4, -0.2) is 36.4 Å². The molecule has 0 radical (unpaired) electrons. The number of nitrogens with one attached hydrogen (secondary N) is 1. The van der Waals surface area contributed by atoms with E-state index >= 15 is 0 Å². The summed E-state index contributed by atoms with van der Waals surface area (Å²) >= 11 is 0. The molecule has 0 aromatic carbocycles. The van der Waals surface area contributed by atoms with Crippen LogP contribution >= 0.6 is 0 Å². The quantitative estimate of drug-likeness (QED) is 0.641. The van der Waals surface area contributed by atoms with Crippen molar-refractivity contribution in [2.24, 2.45) is 0 Å². The van der Waals surface area contributed by atoms with E-state index in [4.69, 9.17) is 9.84 Å². The van der Waals surface area contributed by atoms with Crippen LogP contribution in [0.15, 0.2) is 0 Å². The molecule has 1 rings (SSSR count). The first-order valence-corrected chi connectivity index (χ1v) is 4.27. The van der Waals surface area contributed by atoms with Gasteiger partial charge in [-0.1, -0.05) is 6.92 Å². The van der Waals surface area contributed by atoms with Gasteiger partial charge in [0.25, 0.3) is 0 Å². The van der Waals surface area contributed by atoms with Crippen LogP contribution in [0.5, 0.6) is 0 Å². The number of ether oxygens (including phenoxy) is 1. The van der Waals surface area contributed by atoms with Crippen LogP contribution in [0.1, 0.15) is 19.8 Å². The van der Waals surface area contributed by atoms with E-state index < -0.39 is 11.5 Å². The van der Waals surface area contributed by atoms with Crippen molar-refractivity contribution in [2.75, 3.05) is 19.8 Å². The summed E-state index contributed by atoms with van der Waals surface area (Å²) in [5, 5.41) is 12.0. The zero-order valence-corrected chi connectivity index (χ0v) is 7.30. The van der Waals surface area contributed by atoms with E-state index in [2.05, 4.69) is 5.32 Å². The molecule has 1 aliphatic heterocycles. The lowest BCUT2D eigenvalue weighted by Gasteiger charge is -2.33. The van der Waals surface area contributed by atoms with Gasteiger partial charge in [-0.05, 0) is 19.4 Å². The Morgan fingerprint density at radius 3 is 2.58 bits per heavy atom. The number of carboxylic acid groups (broad SMARTS) is 1. The highest BCUT2D eigenvalue weighted by Gasteiger charge is 2.38. The minimum absolute atomic E-state index is 0.541. The molecule has 0 aromatic rings. The summed E-state index contributed by atoms with van der Waals surface area (Å²) in [4.78, 5) is 10.9. The molecule has 70 valence electrons. The van der Waals surface area contributed by atoms with Crippen LogP contribution in [0.4, 0.5) is 0 Å². The maximum atomic E-state index is 10.9. The standard InChI is InChI=1S/C8H15NO3/c1-2-9-8(7(10)11)3-5-12-6-4-8/h9H,2-6H2,1H3,(H,10,11). The molecule has 1 aliphatic rings. The first-order valence-electron chi connectivity index (χ1n) is 4.27. The van der Waals surface area contributed by atoms with Gasteiger partial charge in [0.05, 0.1) is 0 Å². The van der Waals surface area contributed by atoms with Gasteiger partial charge in [0.15, 0.2) is 0 Å². The number of carboxylic acids is 1. The zero-order valence-electron chi connectivity index (χ0n) is 7.30. The van der Waals surface area contributed by atoms with Crippen molar-refractivity contribution >= 4 is 5.97 Å². The van der Waals surface area contributed by atoms with Crippen molar-refractivity contribution in [3.05, 3.63) is 0 Å². The van der Waals surface area contributed by atoms with E-state index in [1.807, 2.05) is 6.92 Å². The molecule has 0 bridgehead atoms. The molecule has 0 aromatic heterocycles. The summed E-state index contributed by atoms with van der Waals surface area (Å²) in [5.74, 6) is -0.757. The molecule has 2 N–H and O–H groups in total. The molecular formula is C8H15NO3. The second kappa shape index (κ2) is 3.87. The lowest BCUT2D eigenvalue weighted by atomic mass is 9.90. The maximum Gasteiger partial charge on any atom is 0.324 e. The van der Waals surface area contributed by atoms with Gasteiger partial charge in [-0.15, -0.1) is 0 Å².